The summed E-state index contributed by atoms with van der Waals surface area (Å²) in [6.45, 7) is 2.12. The fraction of sp³-hybridized carbons (Fsp3) is 0.222. The lowest BCUT2D eigenvalue weighted by Crippen LogP contribution is -1.89. The summed E-state index contributed by atoms with van der Waals surface area (Å²) in [5.41, 5.74) is 3.57. The SMILES string of the molecule is COc1ccc(C=C(C)c2cc(OC)ccc2SC)cc1. The molecule has 0 saturated carbocycles. The lowest BCUT2D eigenvalue weighted by molar-refractivity contribution is 0.414. The Balaban J connectivity index is 2.37. The van der Waals surface area contributed by atoms with Gasteiger partial charge in [-0.05, 0) is 60.2 Å². The number of benzene rings is 2. The van der Waals surface area contributed by atoms with Crippen molar-refractivity contribution in [3.05, 3.63) is 53.6 Å². The fourth-order valence-corrected chi connectivity index (χ4v) is 2.79. The zero-order valence-corrected chi connectivity index (χ0v) is 13.7. The van der Waals surface area contributed by atoms with Crippen LogP contribution < -0.4 is 9.47 Å². The molecule has 0 aromatic heterocycles. The Kier molecular flexibility index (Phi) is 5.34. The minimum atomic E-state index is 0.871. The van der Waals surface area contributed by atoms with Crippen LogP contribution in [0.15, 0.2) is 47.4 Å². The summed E-state index contributed by atoms with van der Waals surface area (Å²) < 4.78 is 10.5. The van der Waals surface area contributed by atoms with Crippen molar-refractivity contribution in [3.63, 3.8) is 0 Å². The molecule has 0 aliphatic heterocycles. The highest BCUT2D eigenvalue weighted by molar-refractivity contribution is 7.98. The second kappa shape index (κ2) is 7.23. The summed E-state index contributed by atoms with van der Waals surface area (Å²) in [4.78, 5) is 1.25. The summed E-state index contributed by atoms with van der Waals surface area (Å²) in [6, 6.07) is 14.2. The van der Waals surface area contributed by atoms with Gasteiger partial charge in [-0.2, -0.15) is 0 Å². The minimum absolute atomic E-state index is 0.871. The van der Waals surface area contributed by atoms with E-state index in [0.29, 0.717) is 0 Å². The zero-order chi connectivity index (χ0) is 15.2. The molecule has 110 valence electrons. The van der Waals surface area contributed by atoms with Gasteiger partial charge in [-0.1, -0.05) is 18.2 Å². The highest BCUT2D eigenvalue weighted by atomic mass is 32.2. The third-order valence-electron chi connectivity index (χ3n) is 3.33. The first-order valence-corrected chi connectivity index (χ1v) is 7.95. The highest BCUT2D eigenvalue weighted by Crippen LogP contribution is 2.31. The molecule has 0 bridgehead atoms. The normalized spacial score (nSPS) is 11.3. The van der Waals surface area contributed by atoms with E-state index in [2.05, 4.69) is 43.5 Å². The third-order valence-corrected chi connectivity index (χ3v) is 4.13. The zero-order valence-electron chi connectivity index (χ0n) is 12.8. The van der Waals surface area contributed by atoms with Gasteiger partial charge in [-0.15, -0.1) is 11.8 Å². The number of thioether (sulfide) groups is 1. The lowest BCUT2D eigenvalue weighted by Gasteiger charge is -2.10. The van der Waals surface area contributed by atoms with Crippen molar-refractivity contribution in [2.45, 2.75) is 11.8 Å². The quantitative estimate of drug-likeness (QED) is 0.573. The van der Waals surface area contributed by atoms with Crippen molar-refractivity contribution in [1.82, 2.24) is 0 Å². The van der Waals surface area contributed by atoms with E-state index in [4.69, 9.17) is 9.47 Å². The monoisotopic (exact) mass is 300 g/mol. The van der Waals surface area contributed by atoms with E-state index in [-0.39, 0.29) is 0 Å². The van der Waals surface area contributed by atoms with Gasteiger partial charge >= 0.3 is 0 Å². The van der Waals surface area contributed by atoms with Gasteiger partial charge < -0.3 is 9.47 Å². The number of ether oxygens (including phenoxy) is 2. The number of hydrogen-bond donors (Lipinski definition) is 0. The fourth-order valence-electron chi connectivity index (χ4n) is 2.15. The Hall–Kier alpha value is -1.87. The minimum Gasteiger partial charge on any atom is -0.497 e. The van der Waals surface area contributed by atoms with Gasteiger partial charge in [0.2, 0.25) is 0 Å². The first kappa shape index (κ1) is 15.5. The van der Waals surface area contributed by atoms with Gasteiger partial charge in [0.25, 0.3) is 0 Å². The van der Waals surface area contributed by atoms with Crippen LogP contribution in [0, 0.1) is 0 Å². The van der Waals surface area contributed by atoms with Crippen LogP contribution in [0.1, 0.15) is 18.1 Å². The molecule has 2 aromatic rings. The average Bonchev–Trinajstić information content (AvgIpc) is 2.54. The average molecular weight is 300 g/mol. The molecule has 3 heteroatoms. The molecule has 0 aliphatic carbocycles. The first-order valence-electron chi connectivity index (χ1n) is 6.72. The molecule has 0 saturated heterocycles. The molecule has 0 aliphatic rings. The Morgan fingerprint density at radius 2 is 1.57 bits per heavy atom. The molecule has 0 N–H and O–H groups in total. The van der Waals surface area contributed by atoms with Gasteiger partial charge in [0.15, 0.2) is 0 Å². The molecule has 0 heterocycles. The maximum atomic E-state index is 5.33. The van der Waals surface area contributed by atoms with Gasteiger partial charge in [0.1, 0.15) is 11.5 Å². The smallest absolute Gasteiger partial charge is 0.119 e. The van der Waals surface area contributed by atoms with Crippen molar-refractivity contribution in [1.29, 1.82) is 0 Å². The number of hydrogen-bond acceptors (Lipinski definition) is 3. The standard InChI is InChI=1S/C18H20O2S/c1-13(11-14-5-7-15(19-2)8-6-14)17-12-16(20-3)9-10-18(17)21-4/h5-12H,1-4H3. The topological polar surface area (TPSA) is 18.5 Å². The first-order chi connectivity index (χ1) is 10.2. The maximum absolute atomic E-state index is 5.33. The van der Waals surface area contributed by atoms with Crippen molar-refractivity contribution >= 4 is 23.4 Å². The highest BCUT2D eigenvalue weighted by Gasteiger charge is 2.06. The summed E-state index contributed by atoms with van der Waals surface area (Å²) in [7, 11) is 3.37. The van der Waals surface area contributed by atoms with Crippen molar-refractivity contribution < 1.29 is 9.47 Å². The van der Waals surface area contributed by atoms with Crippen LogP contribution >= 0.6 is 11.8 Å². The Labute approximate surface area is 130 Å². The molecule has 2 aromatic carbocycles. The summed E-state index contributed by atoms with van der Waals surface area (Å²) in [5, 5.41) is 0. The van der Waals surface area contributed by atoms with Gasteiger partial charge in [-0.3, -0.25) is 0 Å². The van der Waals surface area contributed by atoms with Crippen LogP contribution in [-0.2, 0) is 0 Å². The number of rotatable bonds is 5. The van der Waals surface area contributed by atoms with Gasteiger partial charge in [0.05, 0.1) is 14.2 Å². The van der Waals surface area contributed by atoms with E-state index in [9.17, 15) is 0 Å². The Morgan fingerprint density at radius 1 is 0.952 bits per heavy atom. The van der Waals surface area contributed by atoms with Gasteiger partial charge in [0, 0.05) is 4.90 Å². The van der Waals surface area contributed by atoms with Crippen LogP contribution in [0.25, 0.3) is 11.6 Å². The summed E-state index contributed by atoms with van der Waals surface area (Å²) >= 11 is 1.74. The van der Waals surface area contributed by atoms with E-state index < -0.39 is 0 Å². The predicted molar refractivity (Wildman–Crippen MR) is 91.3 cm³/mol. The summed E-state index contributed by atoms with van der Waals surface area (Å²) in [5.74, 6) is 1.75. The molecule has 0 unspecified atom stereocenters. The van der Waals surface area contributed by atoms with Crippen LogP contribution in [0.2, 0.25) is 0 Å². The maximum Gasteiger partial charge on any atom is 0.119 e. The second-order valence-corrected chi connectivity index (χ2v) is 5.51. The molecular weight excluding hydrogens is 280 g/mol. The van der Waals surface area contributed by atoms with Gasteiger partial charge in [-0.25, -0.2) is 0 Å². The van der Waals surface area contributed by atoms with E-state index in [1.54, 1.807) is 26.0 Å². The Bertz CT molecular complexity index is 630. The predicted octanol–water partition coefficient (Wildman–Crippen LogP) is 4.99. The van der Waals surface area contributed by atoms with Crippen LogP contribution in [0.5, 0.6) is 11.5 Å². The van der Waals surface area contributed by atoms with Crippen LogP contribution in [-0.4, -0.2) is 20.5 Å². The molecule has 0 spiro atoms. The molecule has 2 rings (SSSR count). The van der Waals surface area contributed by atoms with Crippen LogP contribution in [0.3, 0.4) is 0 Å². The second-order valence-electron chi connectivity index (χ2n) is 4.67. The van der Waals surface area contributed by atoms with E-state index in [1.165, 1.54) is 16.0 Å². The molecular formula is C18H20O2S. The largest absolute Gasteiger partial charge is 0.497 e. The van der Waals surface area contributed by atoms with Crippen molar-refractivity contribution in [2.24, 2.45) is 0 Å². The molecule has 0 atom stereocenters. The summed E-state index contributed by atoms with van der Waals surface area (Å²) in [6.07, 6.45) is 4.26. The molecule has 21 heavy (non-hydrogen) atoms. The lowest BCUT2D eigenvalue weighted by atomic mass is 10.0. The van der Waals surface area contributed by atoms with E-state index >= 15 is 0 Å². The number of allylic oxidation sites excluding steroid dienone is 1. The van der Waals surface area contributed by atoms with E-state index in [1.807, 2.05) is 18.2 Å². The van der Waals surface area contributed by atoms with Crippen molar-refractivity contribution in [2.75, 3.05) is 20.5 Å². The molecule has 0 amide bonds. The van der Waals surface area contributed by atoms with Crippen LogP contribution in [0.4, 0.5) is 0 Å². The van der Waals surface area contributed by atoms with Crippen molar-refractivity contribution in [3.8, 4) is 11.5 Å². The third kappa shape index (κ3) is 3.82. The van der Waals surface area contributed by atoms with E-state index in [0.717, 1.165) is 17.1 Å². The number of methoxy groups -OCH3 is 2. The molecule has 0 fully saturated rings. The molecule has 2 nitrogen and oxygen atoms in total. The molecule has 0 radical (unpaired) electrons. The Morgan fingerprint density at radius 3 is 2.14 bits per heavy atom.